The Hall–Kier alpha value is -2.28. The van der Waals surface area contributed by atoms with Crippen molar-refractivity contribution in [2.45, 2.75) is 6.92 Å². The van der Waals surface area contributed by atoms with Crippen molar-refractivity contribution in [3.8, 4) is 0 Å². The zero-order chi connectivity index (χ0) is 13.7. The summed E-state index contributed by atoms with van der Waals surface area (Å²) < 4.78 is 0. The van der Waals surface area contributed by atoms with Crippen LogP contribution in [-0.2, 0) is 0 Å². The largest absolute Gasteiger partial charge is 0.345 e. The SMILES string of the molecule is C=C(/C=C/c1ccc(C)cc1)N(C)c1ccccc1. The van der Waals surface area contributed by atoms with Crippen LogP contribution >= 0.6 is 0 Å². The summed E-state index contributed by atoms with van der Waals surface area (Å²) in [6.07, 6.45) is 4.12. The molecule has 2 rings (SSSR count). The first-order chi connectivity index (χ1) is 9.16. The van der Waals surface area contributed by atoms with Crippen LogP contribution in [0.15, 0.2) is 72.9 Å². The van der Waals surface area contributed by atoms with Crippen molar-refractivity contribution in [1.82, 2.24) is 0 Å². The molecule has 0 unspecified atom stereocenters. The minimum atomic E-state index is 0.965. The topological polar surface area (TPSA) is 3.24 Å². The second-order valence-electron chi connectivity index (χ2n) is 4.63. The number of rotatable bonds is 4. The zero-order valence-corrected chi connectivity index (χ0v) is 11.5. The van der Waals surface area contributed by atoms with E-state index < -0.39 is 0 Å². The van der Waals surface area contributed by atoms with Gasteiger partial charge in [0.25, 0.3) is 0 Å². The zero-order valence-electron chi connectivity index (χ0n) is 11.5. The molecular formula is C18H19N. The van der Waals surface area contributed by atoms with Gasteiger partial charge in [-0.15, -0.1) is 0 Å². The molecule has 0 aliphatic heterocycles. The van der Waals surface area contributed by atoms with Gasteiger partial charge in [-0.25, -0.2) is 0 Å². The van der Waals surface area contributed by atoms with Gasteiger partial charge in [0.2, 0.25) is 0 Å². The molecular weight excluding hydrogens is 230 g/mol. The Kier molecular flexibility index (Phi) is 4.19. The Bertz CT molecular complexity index is 564. The lowest BCUT2D eigenvalue weighted by molar-refractivity contribution is 1.15. The summed E-state index contributed by atoms with van der Waals surface area (Å²) in [6.45, 7) is 6.20. The predicted molar refractivity (Wildman–Crippen MR) is 84.2 cm³/mol. The molecule has 0 aromatic heterocycles. The molecule has 0 heterocycles. The molecule has 0 saturated carbocycles. The van der Waals surface area contributed by atoms with Gasteiger partial charge in [0, 0.05) is 18.4 Å². The molecule has 1 heteroatoms. The van der Waals surface area contributed by atoms with Crippen LogP contribution in [0.2, 0.25) is 0 Å². The Labute approximate surface area is 115 Å². The average Bonchev–Trinajstić information content (AvgIpc) is 2.46. The molecule has 0 aliphatic carbocycles. The second kappa shape index (κ2) is 6.05. The summed E-state index contributed by atoms with van der Waals surface area (Å²) >= 11 is 0. The molecule has 19 heavy (non-hydrogen) atoms. The molecule has 0 N–H and O–H groups in total. The normalized spacial score (nSPS) is 10.6. The minimum Gasteiger partial charge on any atom is -0.345 e. The lowest BCUT2D eigenvalue weighted by atomic mass is 10.1. The first-order valence-corrected chi connectivity index (χ1v) is 6.39. The molecule has 0 atom stereocenters. The summed E-state index contributed by atoms with van der Waals surface area (Å²) in [6, 6.07) is 18.7. The van der Waals surface area contributed by atoms with Gasteiger partial charge < -0.3 is 4.90 Å². The number of aryl methyl sites for hydroxylation is 1. The molecule has 0 saturated heterocycles. The quantitative estimate of drug-likeness (QED) is 0.712. The number of hydrogen-bond acceptors (Lipinski definition) is 1. The maximum absolute atomic E-state index is 4.10. The average molecular weight is 249 g/mol. The number of benzene rings is 2. The van der Waals surface area contributed by atoms with Crippen molar-refractivity contribution in [2.75, 3.05) is 11.9 Å². The molecule has 0 bridgehead atoms. The van der Waals surface area contributed by atoms with Crippen LogP contribution in [0, 0.1) is 6.92 Å². The molecule has 0 spiro atoms. The fourth-order valence-electron chi connectivity index (χ4n) is 1.80. The van der Waals surface area contributed by atoms with Crippen LogP contribution in [0.4, 0.5) is 5.69 Å². The number of anilines is 1. The smallest absolute Gasteiger partial charge is 0.0407 e. The molecule has 0 fully saturated rings. The van der Waals surface area contributed by atoms with E-state index in [2.05, 4.69) is 60.9 Å². The standard InChI is InChI=1S/C18H19N/c1-15-9-12-17(13-10-15)14-11-16(2)19(3)18-7-5-4-6-8-18/h4-14H,2H2,1,3H3/b14-11+. The molecule has 0 amide bonds. The molecule has 1 nitrogen and oxygen atoms in total. The molecule has 2 aromatic rings. The van der Waals surface area contributed by atoms with Crippen molar-refractivity contribution < 1.29 is 0 Å². The number of para-hydroxylation sites is 1. The summed E-state index contributed by atoms with van der Waals surface area (Å²) in [5, 5.41) is 0. The van der Waals surface area contributed by atoms with Crippen molar-refractivity contribution in [1.29, 1.82) is 0 Å². The summed E-state index contributed by atoms with van der Waals surface area (Å²) in [5.41, 5.74) is 4.57. The van der Waals surface area contributed by atoms with Crippen LogP contribution in [0.3, 0.4) is 0 Å². The van der Waals surface area contributed by atoms with Crippen LogP contribution in [0.5, 0.6) is 0 Å². The Morgan fingerprint density at radius 2 is 1.63 bits per heavy atom. The fourth-order valence-corrected chi connectivity index (χ4v) is 1.80. The van der Waals surface area contributed by atoms with Gasteiger partial charge in [0.1, 0.15) is 0 Å². The maximum atomic E-state index is 4.10. The van der Waals surface area contributed by atoms with Gasteiger partial charge in [-0.3, -0.25) is 0 Å². The summed E-state index contributed by atoms with van der Waals surface area (Å²) in [4.78, 5) is 2.07. The van der Waals surface area contributed by atoms with Gasteiger partial charge in [-0.1, -0.05) is 60.7 Å². The van der Waals surface area contributed by atoms with Gasteiger partial charge in [0.15, 0.2) is 0 Å². The molecule has 96 valence electrons. The van der Waals surface area contributed by atoms with E-state index in [9.17, 15) is 0 Å². The highest BCUT2D eigenvalue weighted by molar-refractivity contribution is 5.59. The first-order valence-electron chi connectivity index (χ1n) is 6.39. The third-order valence-electron chi connectivity index (χ3n) is 3.12. The van der Waals surface area contributed by atoms with E-state index in [4.69, 9.17) is 0 Å². The second-order valence-corrected chi connectivity index (χ2v) is 4.63. The molecule has 0 radical (unpaired) electrons. The van der Waals surface area contributed by atoms with Gasteiger partial charge in [0.05, 0.1) is 0 Å². The fraction of sp³-hybridized carbons (Fsp3) is 0.111. The van der Waals surface area contributed by atoms with Crippen molar-refractivity contribution in [3.63, 3.8) is 0 Å². The van der Waals surface area contributed by atoms with Crippen LogP contribution in [-0.4, -0.2) is 7.05 Å². The Morgan fingerprint density at radius 3 is 2.26 bits per heavy atom. The van der Waals surface area contributed by atoms with Crippen molar-refractivity contribution in [3.05, 3.63) is 84.1 Å². The number of nitrogens with zero attached hydrogens (tertiary/aromatic N) is 1. The van der Waals surface area contributed by atoms with Crippen LogP contribution in [0.1, 0.15) is 11.1 Å². The summed E-state index contributed by atoms with van der Waals surface area (Å²) in [5.74, 6) is 0. The Morgan fingerprint density at radius 1 is 1.00 bits per heavy atom. The lowest BCUT2D eigenvalue weighted by Gasteiger charge is -2.19. The van der Waals surface area contributed by atoms with Crippen LogP contribution < -0.4 is 4.90 Å². The van der Waals surface area contributed by atoms with E-state index in [-0.39, 0.29) is 0 Å². The van der Waals surface area contributed by atoms with Gasteiger partial charge >= 0.3 is 0 Å². The van der Waals surface area contributed by atoms with Crippen molar-refractivity contribution >= 4 is 11.8 Å². The third kappa shape index (κ3) is 3.59. The highest BCUT2D eigenvalue weighted by Gasteiger charge is 2.00. The summed E-state index contributed by atoms with van der Waals surface area (Å²) in [7, 11) is 2.02. The van der Waals surface area contributed by atoms with E-state index in [0.717, 1.165) is 11.4 Å². The van der Waals surface area contributed by atoms with E-state index in [1.807, 2.05) is 31.3 Å². The van der Waals surface area contributed by atoms with Gasteiger partial charge in [-0.05, 0) is 30.7 Å². The number of hydrogen-bond donors (Lipinski definition) is 0. The lowest BCUT2D eigenvalue weighted by Crippen LogP contribution is -2.13. The van der Waals surface area contributed by atoms with Gasteiger partial charge in [-0.2, -0.15) is 0 Å². The monoisotopic (exact) mass is 249 g/mol. The van der Waals surface area contributed by atoms with Crippen LogP contribution in [0.25, 0.3) is 6.08 Å². The van der Waals surface area contributed by atoms with Crippen molar-refractivity contribution in [2.24, 2.45) is 0 Å². The van der Waals surface area contributed by atoms with E-state index in [1.54, 1.807) is 0 Å². The molecule has 0 aliphatic rings. The number of likely N-dealkylation sites (N-methyl/N-ethyl adjacent to an activating group) is 1. The predicted octanol–water partition coefficient (Wildman–Crippen LogP) is 4.66. The van der Waals surface area contributed by atoms with E-state index >= 15 is 0 Å². The van der Waals surface area contributed by atoms with E-state index in [1.165, 1.54) is 11.1 Å². The molecule has 2 aromatic carbocycles. The number of allylic oxidation sites excluding steroid dienone is 1. The third-order valence-corrected chi connectivity index (χ3v) is 3.12. The highest BCUT2D eigenvalue weighted by Crippen LogP contribution is 2.17. The highest BCUT2D eigenvalue weighted by atomic mass is 15.1. The van der Waals surface area contributed by atoms with E-state index in [0.29, 0.717) is 0 Å². The maximum Gasteiger partial charge on any atom is 0.0407 e. The Balaban J connectivity index is 2.07. The minimum absolute atomic E-state index is 0.965. The first kappa shape index (κ1) is 13.2.